The van der Waals surface area contributed by atoms with Crippen LogP contribution in [-0.4, -0.2) is 29.4 Å². The second-order valence-electron chi connectivity index (χ2n) is 7.40. The number of hydrogen-bond acceptors (Lipinski definition) is 4. The Morgan fingerprint density at radius 1 is 0.964 bits per heavy atom. The number of thioether (sulfide) groups is 1. The number of hydrogen-bond donors (Lipinski definition) is 2. The third-order valence-electron chi connectivity index (χ3n) is 3.71. The second kappa shape index (κ2) is 10.8. The highest BCUT2D eigenvalue weighted by Crippen LogP contribution is 2.14. The predicted molar refractivity (Wildman–Crippen MR) is 114 cm³/mol. The number of rotatable bonds is 8. The molecule has 150 valence electrons. The van der Waals surface area contributed by atoms with Crippen molar-refractivity contribution in [3.8, 4) is 0 Å². The van der Waals surface area contributed by atoms with E-state index in [2.05, 4.69) is 10.6 Å². The van der Waals surface area contributed by atoms with Crippen molar-refractivity contribution in [3.63, 3.8) is 0 Å². The molecule has 2 aromatic carbocycles. The van der Waals surface area contributed by atoms with Crippen LogP contribution in [0, 0.1) is 0 Å². The number of carbonyl (C=O) groups is 2. The average molecular weight is 401 g/mol. The van der Waals surface area contributed by atoms with Crippen molar-refractivity contribution in [2.45, 2.75) is 44.7 Å². The van der Waals surface area contributed by atoms with Gasteiger partial charge in [-0.2, -0.15) is 11.8 Å². The number of alkyl carbamates (subject to hydrolysis) is 1. The molecule has 2 amide bonds. The summed E-state index contributed by atoms with van der Waals surface area (Å²) in [5, 5.41) is 5.60. The highest BCUT2D eigenvalue weighted by Gasteiger charge is 2.24. The Morgan fingerprint density at radius 3 is 2.11 bits per heavy atom. The SMILES string of the molecule is CC(C)(C)OC(=O)NC(CSCc1ccccc1)C(=O)NCc1ccccc1. The summed E-state index contributed by atoms with van der Waals surface area (Å²) in [5.74, 6) is 0.990. The van der Waals surface area contributed by atoms with Crippen molar-refractivity contribution in [3.05, 3.63) is 71.8 Å². The normalized spacial score (nSPS) is 12.1. The van der Waals surface area contributed by atoms with Gasteiger partial charge >= 0.3 is 6.09 Å². The van der Waals surface area contributed by atoms with Gasteiger partial charge in [0.15, 0.2) is 0 Å². The van der Waals surface area contributed by atoms with Crippen molar-refractivity contribution in [2.75, 3.05) is 5.75 Å². The van der Waals surface area contributed by atoms with Crippen molar-refractivity contribution >= 4 is 23.8 Å². The molecular weight excluding hydrogens is 372 g/mol. The Hall–Kier alpha value is -2.47. The maximum atomic E-state index is 12.7. The minimum absolute atomic E-state index is 0.227. The van der Waals surface area contributed by atoms with Gasteiger partial charge in [-0.15, -0.1) is 0 Å². The van der Waals surface area contributed by atoms with Gasteiger partial charge in [-0.05, 0) is 31.9 Å². The zero-order valence-electron chi connectivity index (χ0n) is 16.6. The first-order valence-electron chi connectivity index (χ1n) is 9.26. The summed E-state index contributed by atoms with van der Waals surface area (Å²) in [5.41, 5.74) is 1.56. The molecule has 0 spiro atoms. The third kappa shape index (κ3) is 8.48. The maximum absolute atomic E-state index is 12.7. The number of nitrogens with one attached hydrogen (secondary N) is 2. The fourth-order valence-corrected chi connectivity index (χ4v) is 3.43. The fourth-order valence-electron chi connectivity index (χ4n) is 2.41. The first-order valence-corrected chi connectivity index (χ1v) is 10.4. The summed E-state index contributed by atoms with van der Waals surface area (Å²) < 4.78 is 5.31. The molecule has 28 heavy (non-hydrogen) atoms. The van der Waals surface area contributed by atoms with Crippen LogP contribution >= 0.6 is 11.8 Å². The molecule has 1 unspecified atom stereocenters. The molecule has 6 heteroatoms. The van der Waals surface area contributed by atoms with Gasteiger partial charge in [-0.1, -0.05) is 60.7 Å². The highest BCUT2D eigenvalue weighted by molar-refractivity contribution is 7.98. The van der Waals surface area contributed by atoms with Crippen molar-refractivity contribution in [2.24, 2.45) is 0 Å². The lowest BCUT2D eigenvalue weighted by Gasteiger charge is -2.23. The molecule has 2 rings (SSSR count). The Morgan fingerprint density at radius 2 is 1.54 bits per heavy atom. The van der Waals surface area contributed by atoms with Crippen LogP contribution in [0.25, 0.3) is 0 Å². The molecule has 0 heterocycles. The van der Waals surface area contributed by atoms with E-state index in [1.807, 2.05) is 60.7 Å². The van der Waals surface area contributed by atoms with Gasteiger partial charge in [-0.3, -0.25) is 4.79 Å². The van der Waals surface area contributed by atoms with Crippen LogP contribution < -0.4 is 10.6 Å². The van der Waals surface area contributed by atoms with E-state index in [-0.39, 0.29) is 5.91 Å². The van der Waals surface area contributed by atoms with Crippen LogP contribution in [0.5, 0.6) is 0 Å². The molecule has 0 aliphatic heterocycles. The third-order valence-corrected chi connectivity index (χ3v) is 4.82. The summed E-state index contributed by atoms with van der Waals surface area (Å²) in [7, 11) is 0. The summed E-state index contributed by atoms with van der Waals surface area (Å²) in [6.07, 6.45) is -0.590. The molecule has 0 radical (unpaired) electrons. The lowest BCUT2D eigenvalue weighted by atomic mass is 10.2. The molecule has 0 aromatic heterocycles. The van der Waals surface area contributed by atoms with Crippen LogP contribution in [0.3, 0.4) is 0 Å². The van der Waals surface area contributed by atoms with Crippen LogP contribution in [0.4, 0.5) is 4.79 Å². The first-order chi connectivity index (χ1) is 13.3. The maximum Gasteiger partial charge on any atom is 0.408 e. The molecule has 0 saturated carbocycles. The van der Waals surface area contributed by atoms with E-state index in [1.165, 1.54) is 5.56 Å². The van der Waals surface area contributed by atoms with E-state index in [1.54, 1.807) is 32.5 Å². The van der Waals surface area contributed by atoms with E-state index >= 15 is 0 Å². The minimum atomic E-state index is -0.674. The Bertz CT molecular complexity index is 745. The van der Waals surface area contributed by atoms with Gasteiger partial charge < -0.3 is 15.4 Å². The van der Waals surface area contributed by atoms with E-state index in [0.29, 0.717) is 12.3 Å². The van der Waals surface area contributed by atoms with Crippen molar-refractivity contribution in [1.29, 1.82) is 0 Å². The number of amides is 2. The summed E-state index contributed by atoms with van der Waals surface area (Å²) in [4.78, 5) is 24.8. The number of benzene rings is 2. The summed E-state index contributed by atoms with van der Waals surface area (Å²) in [6, 6.07) is 19.0. The monoisotopic (exact) mass is 400 g/mol. The minimum Gasteiger partial charge on any atom is -0.444 e. The number of ether oxygens (including phenoxy) is 1. The molecular formula is C22H28N2O3S. The molecule has 2 N–H and O–H groups in total. The standard InChI is InChI=1S/C22H28N2O3S/c1-22(2,3)27-21(26)24-19(16-28-15-18-12-8-5-9-13-18)20(25)23-14-17-10-6-4-7-11-17/h4-13,19H,14-16H2,1-3H3,(H,23,25)(H,24,26). The van der Waals surface area contributed by atoms with Crippen molar-refractivity contribution < 1.29 is 14.3 Å². The van der Waals surface area contributed by atoms with E-state index in [4.69, 9.17) is 4.74 Å². The molecule has 0 bridgehead atoms. The Kier molecular flexibility index (Phi) is 8.39. The largest absolute Gasteiger partial charge is 0.444 e. The van der Waals surface area contributed by atoms with Crippen LogP contribution in [-0.2, 0) is 21.8 Å². The predicted octanol–water partition coefficient (Wildman–Crippen LogP) is 4.13. The molecule has 0 aliphatic rings. The van der Waals surface area contributed by atoms with Gasteiger partial charge in [0, 0.05) is 18.1 Å². The van der Waals surface area contributed by atoms with Gasteiger partial charge in [0.25, 0.3) is 0 Å². The Balaban J connectivity index is 1.93. The molecule has 0 aliphatic carbocycles. The van der Waals surface area contributed by atoms with Gasteiger partial charge in [-0.25, -0.2) is 4.79 Å². The van der Waals surface area contributed by atoms with Crippen LogP contribution in [0.2, 0.25) is 0 Å². The van der Waals surface area contributed by atoms with Gasteiger partial charge in [0.1, 0.15) is 11.6 Å². The topological polar surface area (TPSA) is 67.4 Å². The van der Waals surface area contributed by atoms with E-state index in [0.717, 1.165) is 11.3 Å². The van der Waals surface area contributed by atoms with Gasteiger partial charge in [0.2, 0.25) is 5.91 Å². The van der Waals surface area contributed by atoms with E-state index < -0.39 is 17.7 Å². The lowest BCUT2D eigenvalue weighted by Crippen LogP contribution is -2.49. The second-order valence-corrected chi connectivity index (χ2v) is 8.43. The molecule has 5 nitrogen and oxygen atoms in total. The molecule has 0 fully saturated rings. The highest BCUT2D eigenvalue weighted by atomic mass is 32.2. The number of carbonyl (C=O) groups excluding carboxylic acids is 2. The summed E-state index contributed by atoms with van der Waals surface area (Å²) >= 11 is 1.59. The van der Waals surface area contributed by atoms with Crippen molar-refractivity contribution in [1.82, 2.24) is 10.6 Å². The van der Waals surface area contributed by atoms with Gasteiger partial charge in [0.05, 0.1) is 0 Å². The average Bonchev–Trinajstić information content (AvgIpc) is 2.65. The van der Waals surface area contributed by atoms with E-state index in [9.17, 15) is 9.59 Å². The zero-order chi connectivity index (χ0) is 20.4. The quantitative estimate of drug-likeness (QED) is 0.699. The fraction of sp³-hybridized carbons (Fsp3) is 0.364. The Labute approximate surface area is 171 Å². The molecule has 2 aromatic rings. The summed E-state index contributed by atoms with van der Waals surface area (Å²) in [6.45, 7) is 5.79. The smallest absolute Gasteiger partial charge is 0.408 e. The molecule has 0 saturated heterocycles. The molecule has 1 atom stereocenters. The lowest BCUT2D eigenvalue weighted by molar-refractivity contribution is -0.122. The zero-order valence-corrected chi connectivity index (χ0v) is 17.4. The first kappa shape index (κ1) is 21.8. The van der Waals surface area contributed by atoms with Crippen LogP contribution in [0.1, 0.15) is 31.9 Å². The van der Waals surface area contributed by atoms with Crippen LogP contribution in [0.15, 0.2) is 60.7 Å².